The number of carbonyl (C=O) groups excluding carboxylic acids is 2. The molecular formula is C21H27NO4. The van der Waals surface area contributed by atoms with E-state index in [0.29, 0.717) is 17.9 Å². The maximum atomic E-state index is 11.6. The van der Waals surface area contributed by atoms with Gasteiger partial charge in [0.2, 0.25) is 0 Å². The summed E-state index contributed by atoms with van der Waals surface area (Å²) in [6.45, 7) is 2.57. The predicted octanol–water partition coefficient (Wildman–Crippen LogP) is 4.70. The van der Waals surface area contributed by atoms with Crippen LogP contribution in [-0.4, -0.2) is 18.5 Å². The third kappa shape index (κ3) is 10.3. The van der Waals surface area contributed by atoms with Crippen molar-refractivity contribution in [2.75, 3.05) is 6.61 Å². The van der Waals surface area contributed by atoms with Gasteiger partial charge in [0.1, 0.15) is 5.75 Å². The fraction of sp³-hybridized carbons (Fsp3) is 0.476. The molecule has 0 unspecified atom stereocenters. The molecule has 0 spiro atoms. The highest BCUT2D eigenvalue weighted by molar-refractivity contribution is 5.92. The van der Waals surface area contributed by atoms with Crippen LogP contribution in [0.1, 0.15) is 63.9 Å². The Balaban J connectivity index is 2.12. The Morgan fingerprint density at radius 2 is 1.50 bits per heavy atom. The second kappa shape index (κ2) is 13.7. The van der Waals surface area contributed by atoms with Crippen LogP contribution in [0.2, 0.25) is 0 Å². The van der Waals surface area contributed by atoms with Crippen LogP contribution in [0, 0.1) is 11.3 Å². The van der Waals surface area contributed by atoms with Gasteiger partial charge in [-0.2, -0.15) is 5.26 Å². The van der Waals surface area contributed by atoms with Crippen LogP contribution >= 0.6 is 0 Å². The summed E-state index contributed by atoms with van der Waals surface area (Å²) < 4.78 is 10.1. The van der Waals surface area contributed by atoms with Crippen molar-refractivity contribution in [2.45, 2.75) is 58.3 Å². The second-order valence-corrected chi connectivity index (χ2v) is 6.03. The quantitative estimate of drug-likeness (QED) is 0.234. The van der Waals surface area contributed by atoms with Crippen LogP contribution in [0.15, 0.2) is 36.4 Å². The van der Waals surface area contributed by atoms with Gasteiger partial charge in [0.15, 0.2) is 0 Å². The van der Waals surface area contributed by atoms with Gasteiger partial charge in [0.05, 0.1) is 18.2 Å². The summed E-state index contributed by atoms with van der Waals surface area (Å²) in [5, 5.41) is 8.70. The first-order chi connectivity index (χ1) is 12.7. The lowest BCUT2D eigenvalue weighted by Gasteiger charge is -2.03. The molecule has 140 valence electrons. The highest BCUT2D eigenvalue weighted by Gasteiger charge is 2.03. The summed E-state index contributed by atoms with van der Waals surface area (Å²) in [5.41, 5.74) is 0.477. The van der Waals surface area contributed by atoms with E-state index < -0.39 is 11.9 Å². The average Bonchev–Trinajstić information content (AvgIpc) is 2.65. The van der Waals surface area contributed by atoms with Gasteiger partial charge in [-0.25, -0.2) is 9.59 Å². The molecule has 0 fully saturated rings. The molecule has 0 bridgehead atoms. The standard InChI is InChI=1S/C21H27NO4/c1-2-3-4-5-6-7-8-9-16-25-20(23)14-15-21(24)26-19-12-10-18(17-22)11-13-19/h10-15H,2-9,16H2,1H3/b15-14+. The van der Waals surface area contributed by atoms with E-state index in [-0.39, 0.29) is 0 Å². The van der Waals surface area contributed by atoms with Gasteiger partial charge in [0.25, 0.3) is 0 Å². The summed E-state index contributed by atoms with van der Waals surface area (Å²) in [4.78, 5) is 23.2. The first kappa shape index (κ1) is 21.4. The molecule has 5 nitrogen and oxygen atoms in total. The number of benzene rings is 1. The van der Waals surface area contributed by atoms with E-state index in [2.05, 4.69) is 6.92 Å². The van der Waals surface area contributed by atoms with Crippen LogP contribution in [0.25, 0.3) is 0 Å². The van der Waals surface area contributed by atoms with E-state index in [1.165, 1.54) is 44.2 Å². The minimum atomic E-state index is -0.668. The van der Waals surface area contributed by atoms with Crippen LogP contribution in [0.3, 0.4) is 0 Å². The summed E-state index contributed by atoms with van der Waals surface area (Å²) in [5.74, 6) is -0.908. The lowest BCUT2D eigenvalue weighted by Crippen LogP contribution is -2.07. The van der Waals surface area contributed by atoms with Gasteiger partial charge in [-0.3, -0.25) is 0 Å². The van der Waals surface area contributed by atoms with Crippen molar-refractivity contribution in [1.82, 2.24) is 0 Å². The molecule has 0 atom stereocenters. The normalized spacial score (nSPS) is 10.5. The van der Waals surface area contributed by atoms with Crippen molar-refractivity contribution in [3.05, 3.63) is 42.0 Å². The molecule has 0 saturated heterocycles. The number of hydrogen-bond donors (Lipinski definition) is 0. The van der Waals surface area contributed by atoms with E-state index in [1.807, 2.05) is 6.07 Å². The fourth-order valence-corrected chi connectivity index (χ4v) is 2.34. The summed E-state index contributed by atoms with van der Waals surface area (Å²) in [6, 6.07) is 8.10. The lowest BCUT2D eigenvalue weighted by atomic mass is 10.1. The third-order valence-corrected chi connectivity index (χ3v) is 3.80. The Morgan fingerprint density at radius 3 is 2.12 bits per heavy atom. The zero-order chi connectivity index (χ0) is 19.0. The Hall–Kier alpha value is -2.61. The lowest BCUT2D eigenvalue weighted by molar-refractivity contribution is -0.138. The van der Waals surface area contributed by atoms with Crippen LogP contribution in [-0.2, 0) is 14.3 Å². The molecule has 1 aromatic rings. The molecule has 0 aliphatic rings. The minimum absolute atomic E-state index is 0.311. The van der Waals surface area contributed by atoms with Crippen molar-refractivity contribution in [2.24, 2.45) is 0 Å². The molecule has 0 aromatic heterocycles. The topological polar surface area (TPSA) is 76.4 Å². The monoisotopic (exact) mass is 357 g/mol. The molecule has 0 amide bonds. The van der Waals surface area contributed by atoms with E-state index >= 15 is 0 Å². The van der Waals surface area contributed by atoms with E-state index in [1.54, 1.807) is 12.1 Å². The number of carbonyl (C=O) groups is 2. The zero-order valence-corrected chi connectivity index (χ0v) is 15.4. The van der Waals surface area contributed by atoms with E-state index in [4.69, 9.17) is 14.7 Å². The maximum absolute atomic E-state index is 11.6. The Morgan fingerprint density at radius 1 is 0.923 bits per heavy atom. The Kier molecular flexibility index (Phi) is 11.3. The SMILES string of the molecule is CCCCCCCCCCOC(=O)/C=C/C(=O)Oc1ccc(C#N)cc1. The molecule has 1 aromatic carbocycles. The van der Waals surface area contributed by atoms with Gasteiger partial charge in [0, 0.05) is 12.2 Å². The van der Waals surface area contributed by atoms with Gasteiger partial charge in [-0.05, 0) is 30.7 Å². The van der Waals surface area contributed by atoms with Gasteiger partial charge in [-0.15, -0.1) is 0 Å². The molecular weight excluding hydrogens is 330 g/mol. The van der Waals surface area contributed by atoms with Gasteiger partial charge in [-0.1, -0.05) is 51.9 Å². The van der Waals surface area contributed by atoms with Gasteiger partial charge < -0.3 is 9.47 Å². The number of rotatable bonds is 12. The predicted molar refractivity (Wildman–Crippen MR) is 99.5 cm³/mol. The highest BCUT2D eigenvalue weighted by atomic mass is 16.5. The molecule has 1 rings (SSSR count). The number of nitriles is 1. The fourth-order valence-electron chi connectivity index (χ4n) is 2.34. The minimum Gasteiger partial charge on any atom is -0.463 e. The first-order valence-corrected chi connectivity index (χ1v) is 9.22. The highest BCUT2D eigenvalue weighted by Crippen LogP contribution is 2.12. The summed E-state index contributed by atoms with van der Waals surface area (Å²) >= 11 is 0. The number of nitrogens with zero attached hydrogens (tertiary/aromatic N) is 1. The average molecular weight is 357 g/mol. The van der Waals surface area contributed by atoms with Crippen molar-refractivity contribution >= 4 is 11.9 Å². The molecule has 0 heterocycles. The van der Waals surface area contributed by atoms with E-state index in [0.717, 1.165) is 31.4 Å². The number of ether oxygens (including phenoxy) is 2. The maximum Gasteiger partial charge on any atom is 0.336 e. The molecule has 0 aliphatic carbocycles. The van der Waals surface area contributed by atoms with E-state index in [9.17, 15) is 9.59 Å². The smallest absolute Gasteiger partial charge is 0.336 e. The molecule has 0 N–H and O–H groups in total. The second-order valence-electron chi connectivity index (χ2n) is 6.03. The Bertz CT molecular complexity index is 614. The van der Waals surface area contributed by atoms with Crippen LogP contribution in [0.4, 0.5) is 0 Å². The zero-order valence-electron chi connectivity index (χ0n) is 15.4. The molecule has 0 radical (unpaired) electrons. The van der Waals surface area contributed by atoms with Crippen LogP contribution < -0.4 is 4.74 Å². The largest absolute Gasteiger partial charge is 0.463 e. The summed E-state index contributed by atoms with van der Waals surface area (Å²) in [7, 11) is 0. The third-order valence-electron chi connectivity index (χ3n) is 3.80. The van der Waals surface area contributed by atoms with Crippen molar-refractivity contribution < 1.29 is 19.1 Å². The number of unbranched alkanes of at least 4 members (excludes halogenated alkanes) is 7. The molecule has 5 heteroatoms. The number of esters is 2. The van der Waals surface area contributed by atoms with Crippen molar-refractivity contribution in [3.63, 3.8) is 0 Å². The van der Waals surface area contributed by atoms with Crippen molar-refractivity contribution in [3.8, 4) is 11.8 Å². The van der Waals surface area contributed by atoms with Gasteiger partial charge >= 0.3 is 11.9 Å². The van der Waals surface area contributed by atoms with Crippen molar-refractivity contribution in [1.29, 1.82) is 5.26 Å². The first-order valence-electron chi connectivity index (χ1n) is 9.22. The number of hydrogen-bond acceptors (Lipinski definition) is 5. The summed E-state index contributed by atoms with van der Waals surface area (Å²) in [6.07, 6.45) is 11.5. The molecule has 26 heavy (non-hydrogen) atoms. The Labute approximate surface area is 155 Å². The molecule has 0 saturated carbocycles. The molecule has 0 aliphatic heterocycles. The van der Waals surface area contributed by atoms with Crippen LogP contribution in [0.5, 0.6) is 5.75 Å².